The molecule has 7 nitrogen and oxygen atoms in total. The third-order valence-electron chi connectivity index (χ3n) is 7.53. The van der Waals surface area contributed by atoms with Gasteiger partial charge in [-0.05, 0) is 60.2 Å². The van der Waals surface area contributed by atoms with Crippen molar-refractivity contribution < 1.29 is 9.59 Å². The van der Waals surface area contributed by atoms with E-state index < -0.39 is 0 Å². The fourth-order valence-corrected chi connectivity index (χ4v) is 5.41. The molecule has 0 unspecified atom stereocenters. The van der Waals surface area contributed by atoms with Crippen molar-refractivity contribution in [3.63, 3.8) is 0 Å². The monoisotopic (exact) mass is 479 g/mol. The Morgan fingerprint density at radius 3 is 2.33 bits per heavy atom. The second-order valence-corrected chi connectivity index (χ2v) is 9.78. The number of piperidine rings is 1. The molecule has 3 heterocycles. The summed E-state index contributed by atoms with van der Waals surface area (Å²) in [6.45, 7) is 3.32. The van der Waals surface area contributed by atoms with E-state index in [1.165, 1.54) is 11.1 Å². The van der Waals surface area contributed by atoms with Gasteiger partial charge in [-0.15, -0.1) is 5.10 Å². The highest BCUT2D eigenvalue weighted by atomic mass is 16.2. The van der Waals surface area contributed by atoms with E-state index >= 15 is 0 Å². The maximum Gasteiger partial charge on any atom is 0.253 e. The summed E-state index contributed by atoms with van der Waals surface area (Å²) in [6.07, 6.45) is 2.36. The second kappa shape index (κ2) is 9.57. The van der Waals surface area contributed by atoms with Crippen LogP contribution in [0.3, 0.4) is 0 Å². The summed E-state index contributed by atoms with van der Waals surface area (Å²) in [4.78, 5) is 30.2. The van der Waals surface area contributed by atoms with E-state index in [4.69, 9.17) is 0 Å². The first kappa shape index (κ1) is 22.5. The standard InChI is InChI=1S/C29H29N5O2/c35-28(23-11-9-21(10-12-23)19-34-27-8-4-3-7-26(27)30-31-34)32-16-14-24(15-17-32)29(36)33-18-13-22-5-1-2-6-25(22)20-33/h1-12,24H,13-20H2. The molecular weight excluding hydrogens is 450 g/mol. The van der Waals surface area contributed by atoms with Gasteiger partial charge in [0.1, 0.15) is 5.52 Å². The number of likely N-dealkylation sites (tertiary alicyclic amines) is 1. The zero-order valence-electron chi connectivity index (χ0n) is 20.2. The van der Waals surface area contributed by atoms with Crippen molar-refractivity contribution in [3.05, 3.63) is 95.1 Å². The predicted octanol–water partition coefficient (Wildman–Crippen LogP) is 3.92. The second-order valence-electron chi connectivity index (χ2n) is 9.78. The zero-order valence-corrected chi connectivity index (χ0v) is 20.2. The molecule has 0 atom stereocenters. The molecule has 1 aromatic heterocycles. The van der Waals surface area contributed by atoms with Crippen LogP contribution in [0.5, 0.6) is 0 Å². The Morgan fingerprint density at radius 2 is 1.53 bits per heavy atom. The van der Waals surface area contributed by atoms with Crippen molar-refractivity contribution in [2.24, 2.45) is 5.92 Å². The number of para-hydroxylation sites is 1. The third-order valence-corrected chi connectivity index (χ3v) is 7.53. The highest BCUT2D eigenvalue weighted by Gasteiger charge is 2.31. The van der Waals surface area contributed by atoms with Gasteiger partial charge in [0.05, 0.1) is 12.1 Å². The van der Waals surface area contributed by atoms with E-state index in [9.17, 15) is 9.59 Å². The molecule has 0 radical (unpaired) electrons. The number of hydrogen-bond donors (Lipinski definition) is 0. The summed E-state index contributed by atoms with van der Waals surface area (Å²) in [5.41, 5.74) is 6.21. The van der Waals surface area contributed by atoms with Crippen molar-refractivity contribution in [2.75, 3.05) is 19.6 Å². The van der Waals surface area contributed by atoms with E-state index in [-0.39, 0.29) is 17.7 Å². The first-order valence-corrected chi connectivity index (χ1v) is 12.7. The Morgan fingerprint density at radius 1 is 0.806 bits per heavy atom. The van der Waals surface area contributed by atoms with Gasteiger partial charge < -0.3 is 9.80 Å². The first-order chi connectivity index (χ1) is 17.7. The number of nitrogens with zero attached hydrogens (tertiary/aromatic N) is 5. The number of amides is 2. The lowest BCUT2D eigenvalue weighted by atomic mass is 9.92. The first-order valence-electron chi connectivity index (χ1n) is 12.7. The summed E-state index contributed by atoms with van der Waals surface area (Å²) in [7, 11) is 0. The lowest BCUT2D eigenvalue weighted by molar-refractivity contribution is -0.137. The molecule has 6 rings (SSSR count). The SMILES string of the molecule is O=C(c1ccc(Cn2nnc3ccccc32)cc1)N1CCC(C(=O)N2CCc3ccccc3C2)CC1. The largest absolute Gasteiger partial charge is 0.339 e. The molecule has 36 heavy (non-hydrogen) atoms. The highest BCUT2D eigenvalue weighted by Crippen LogP contribution is 2.25. The molecule has 2 amide bonds. The minimum absolute atomic E-state index is 0.000749. The van der Waals surface area contributed by atoms with Gasteiger partial charge in [-0.1, -0.05) is 53.7 Å². The molecule has 0 saturated carbocycles. The topological polar surface area (TPSA) is 71.3 Å². The van der Waals surface area contributed by atoms with Crippen molar-refractivity contribution in [1.29, 1.82) is 0 Å². The lowest BCUT2D eigenvalue weighted by Gasteiger charge is -2.36. The maximum absolute atomic E-state index is 13.2. The molecule has 7 heteroatoms. The maximum atomic E-state index is 13.2. The van der Waals surface area contributed by atoms with Gasteiger partial charge in [-0.25, -0.2) is 4.68 Å². The average Bonchev–Trinajstić information content (AvgIpc) is 3.35. The van der Waals surface area contributed by atoms with Crippen LogP contribution in [0.1, 0.15) is 39.9 Å². The van der Waals surface area contributed by atoms with Gasteiger partial charge in [0, 0.05) is 37.7 Å². The Hall–Kier alpha value is -4.00. The van der Waals surface area contributed by atoms with Gasteiger partial charge >= 0.3 is 0 Å². The fraction of sp³-hybridized carbons (Fsp3) is 0.310. The van der Waals surface area contributed by atoms with Crippen LogP contribution < -0.4 is 0 Å². The number of rotatable bonds is 4. The van der Waals surface area contributed by atoms with Crippen LogP contribution >= 0.6 is 0 Å². The number of aromatic nitrogens is 3. The number of fused-ring (bicyclic) bond motifs is 2. The molecule has 182 valence electrons. The molecule has 1 saturated heterocycles. The molecule has 0 N–H and O–H groups in total. The summed E-state index contributed by atoms with van der Waals surface area (Å²) in [6, 6.07) is 24.0. The van der Waals surface area contributed by atoms with Gasteiger partial charge in [-0.2, -0.15) is 0 Å². The number of carbonyl (C=O) groups is 2. The summed E-state index contributed by atoms with van der Waals surface area (Å²) >= 11 is 0. The molecule has 2 aliphatic heterocycles. The van der Waals surface area contributed by atoms with Gasteiger partial charge in [0.2, 0.25) is 5.91 Å². The molecule has 0 aliphatic carbocycles. The zero-order chi connectivity index (χ0) is 24.5. The smallest absolute Gasteiger partial charge is 0.253 e. The minimum Gasteiger partial charge on any atom is -0.339 e. The fourth-order valence-electron chi connectivity index (χ4n) is 5.41. The van der Waals surface area contributed by atoms with Gasteiger partial charge in [0.25, 0.3) is 5.91 Å². The normalized spacial score (nSPS) is 16.2. The average molecular weight is 480 g/mol. The lowest BCUT2D eigenvalue weighted by Crippen LogP contribution is -2.45. The van der Waals surface area contributed by atoms with Crippen LogP contribution in [0.2, 0.25) is 0 Å². The van der Waals surface area contributed by atoms with Crippen molar-refractivity contribution in [2.45, 2.75) is 32.4 Å². The predicted molar refractivity (Wildman–Crippen MR) is 137 cm³/mol. The van der Waals surface area contributed by atoms with E-state index in [0.717, 1.165) is 42.4 Å². The van der Waals surface area contributed by atoms with E-state index in [1.807, 2.05) is 69.1 Å². The Bertz CT molecular complexity index is 1400. The summed E-state index contributed by atoms with van der Waals surface area (Å²) < 4.78 is 1.87. The van der Waals surface area contributed by atoms with Crippen LogP contribution in [-0.2, 0) is 24.3 Å². The highest BCUT2D eigenvalue weighted by molar-refractivity contribution is 5.94. The third kappa shape index (κ3) is 4.37. The van der Waals surface area contributed by atoms with Crippen LogP contribution in [0, 0.1) is 5.92 Å². The molecule has 1 fully saturated rings. The van der Waals surface area contributed by atoms with Crippen LogP contribution in [-0.4, -0.2) is 56.2 Å². The minimum atomic E-state index is -0.000749. The van der Waals surface area contributed by atoms with Crippen molar-refractivity contribution in [1.82, 2.24) is 24.8 Å². The Kier molecular flexibility index (Phi) is 5.97. The van der Waals surface area contributed by atoms with Crippen molar-refractivity contribution >= 4 is 22.8 Å². The number of hydrogen-bond acceptors (Lipinski definition) is 4. The Balaban J connectivity index is 1.04. The molecule has 2 aliphatic rings. The van der Waals surface area contributed by atoms with Crippen molar-refractivity contribution in [3.8, 4) is 0 Å². The van der Waals surface area contributed by atoms with Crippen LogP contribution in [0.4, 0.5) is 0 Å². The Labute approximate surface area is 210 Å². The van der Waals surface area contributed by atoms with E-state index in [2.05, 4.69) is 28.5 Å². The number of benzene rings is 3. The van der Waals surface area contributed by atoms with Gasteiger partial charge in [-0.3, -0.25) is 9.59 Å². The summed E-state index contributed by atoms with van der Waals surface area (Å²) in [5.74, 6) is 0.270. The van der Waals surface area contributed by atoms with E-state index in [0.29, 0.717) is 31.7 Å². The molecule has 4 aromatic rings. The molecule has 0 bridgehead atoms. The van der Waals surface area contributed by atoms with E-state index in [1.54, 1.807) is 0 Å². The van der Waals surface area contributed by atoms with Gasteiger partial charge in [0.15, 0.2) is 0 Å². The number of carbonyl (C=O) groups excluding carboxylic acids is 2. The molecular formula is C29H29N5O2. The van der Waals surface area contributed by atoms with Crippen LogP contribution in [0.25, 0.3) is 11.0 Å². The summed E-state index contributed by atoms with van der Waals surface area (Å²) in [5, 5.41) is 8.45. The molecule has 3 aromatic carbocycles. The molecule has 0 spiro atoms. The quantitative estimate of drug-likeness (QED) is 0.445. The van der Waals surface area contributed by atoms with Crippen LogP contribution in [0.15, 0.2) is 72.8 Å².